The molecule has 2 rings (SSSR count). The predicted molar refractivity (Wildman–Crippen MR) is 98.4 cm³/mol. The summed E-state index contributed by atoms with van der Waals surface area (Å²) < 4.78 is 5.82. The van der Waals surface area contributed by atoms with E-state index >= 15 is 0 Å². The number of hydrogen-bond acceptors (Lipinski definition) is 2. The average Bonchev–Trinajstić information content (AvgIpc) is 2.56. The molecule has 2 aromatic carbocycles. The summed E-state index contributed by atoms with van der Waals surface area (Å²) in [5.74, 6) is 0.640. The van der Waals surface area contributed by atoms with Gasteiger partial charge < -0.3 is 10.1 Å². The standard InChI is InChI=1S/C21H27NO2/c1-6-20(24-18-10-8-7-9-11-18)21(23)22-17(5)19-13-15(3)14(2)12-16(19)4/h7-13,17,20H,6H2,1-5H3,(H,22,23). The lowest BCUT2D eigenvalue weighted by molar-refractivity contribution is -0.128. The van der Waals surface area contributed by atoms with Crippen LogP contribution in [0.4, 0.5) is 0 Å². The second-order valence-corrected chi connectivity index (χ2v) is 6.35. The van der Waals surface area contributed by atoms with Crippen molar-refractivity contribution in [2.45, 2.75) is 53.2 Å². The van der Waals surface area contributed by atoms with Crippen LogP contribution in [0, 0.1) is 20.8 Å². The summed E-state index contributed by atoms with van der Waals surface area (Å²) in [7, 11) is 0. The normalized spacial score (nSPS) is 13.2. The Hall–Kier alpha value is -2.29. The monoisotopic (exact) mass is 325 g/mol. The molecule has 0 aliphatic rings. The van der Waals surface area contributed by atoms with Gasteiger partial charge in [-0.3, -0.25) is 4.79 Å². The van der Waals surface area contributed by atoms with Gasteiger partial charge in [-0.15, -0.1) is 0 Å². The first kappa shape index (κ1) is 18.1. The smallest absolute Gasteiger partial charge is 0.261 e. The zero-order valence-corrected chi connectivity index (χ0v) is 15.2. The molecule has 0 radical (unpaired) electrons. The minimum Gasteiger partial charge on any atom is -0.481 e. The minimum atomic E-state index is -0.485. The molecule has 0 heterocycles. The van der Waals surface area contributed by atoms with Crippen molar-refractivity contribution in [3.05, 3.63) is 64.7 Å². The Morgan fingerprint density at radius 2 is 1.67 bits per heavy atom. The third-order valence-electron chi connectivity index (χ3n) is 4.39. The molecule has 0 bridgehead atoms. The van der Waals surface area contributed by atoms with Gasteiger partial charge in [-0.05, 0) is 68.5 Å². The number of para-hydroxylation sites is 1. The Labute approximate surface area is 145 Å². The van der Waals surface area contributed by atoms with E-state index < -0.39 is 6.10 Å². The first-order valence-corrected chi connectivity index (χ1v) is 8.52. The van der Waals surface area contributed by atoms with Crippen molar-refractivity contribution in [1.29, 1.82) is 0 Å². The molecular weight excluding hydrogens is 298 g/mol. The SMILES string of the molecule is CCC(Oc1ccccc1)C(=O)NC(C)c1cc(C)c(C)cc1C. The van der Waals surface area contributed by atoms with Gasteiger partial charge in [-0.2, -0.15) is 0 Å². The van der Waals surface area contributed by atoms with Crippen LogP contribution in [0.3, 0.4) is 0 Å². The molecule has 2 atom stereocenters. The molecule has 0 aromatic heterocycles. The van der Waals surface area contributed by atoms with Gasteiger partial charge >= 0.3 is 0 Å². The third-order valence-corrected chi connectivity index (χ3v) is 4.39. The Morgan fingerprint density at radius 1 is 1.04 bits per heavy atom. The van der Waals surface area contributed by atoms with Crippen LogP contribution in [0.5, 0.6) is 5.75 Å². The molecule has 128 valence electrons. The summed E-state index contributed by atoms with van der Waals surface area (Å²) in [6, 6.07) is 13.8. The molecule has 1 amide bonds. The third kappa shape index (κ3) is 4.38. The number of carbonyl (C=O) groups is 1. The summed E-state index contributed by atoms with van der Waals surface area (Å²) in [5, 5.41) is 3.09. The summed E-state index contributed by atoms with van der Waals surface area (Å²) in [5.41, 5.74) is 4.86. The molecule has 3 nitrogen and oxygen atoms in total. The molecule has 0 fully saturated rings. The zero-order chi connectivity index (χ0) is 17.7. The summed E-state index contributed by atoms with van der Waals surface area (Å²) in [4.78, 5) is 12.6. The number of amides is 1. The van der Waals surface area contributed by atoms with Gasteiger partial charge in [0.1, 0.15) is 5.75 Å². The molecule has 0 aliphatic carbocycles. The van der Waals surface area contributed by atoms with Crippen LogP contribution in [0.2, 0.25) is 0 Å². The fourth-order valence-corrected chi connectivity index (χ4v) is 2.82. The lowest BCUT2D eigenvalue weighted by atomic mass is 9.96. The van der Waals surface area contributed by atoms with Crippen LogP contribution >= 0.6 is 0 Å². The highest BCUT2D eigenvalue weighted by Gasteiger charge is 2.21. The van der Waals surface area contributed by atoms with Crippen molar-refractivity contribution in [3.8, 4) is 5.75 Å². The van der Waals surface area contributed by atoms with Gasteiger partial charge in [0, 0.05) is 0 Å². The summed E-state index contributed by atoms with van der Waals surface area (Å²) in [6.07, 6.45) is 0.140. The molecule has 0 aliphatic heterocycles. The Balaban J connectivity index is 2.08. The van der Waals surface area contributed by atoms with Gasteiger partial charge in [-0.25, -0.2) is 0 Å². The van der Waals surface area contributed by atoms with Crippen molar-refractivity contribution in [3.63, 3.8) is 0 Å². The highest BCUT2D eigenvalue weighted by Crippen LogP contribution is 2.22. The van der Waals surface area contributed by atoms with Gasteiger partial charge in [0.15, 0.2) is 6.10 Å². The van der Waals surface area contributed by atoms with Crippen molar-refractivity contribution in [1.82, 2.24) is 5.32 Å². The van der Waals surface area contributed by atoms with Crippen LogP contribution in [-0.2, 0) is 4.79 Å². The van der Waals surface area contributed by atoms with E-state index in [1.54, 1.807) is 0 Å². The predicted octanol–water partition coefficient (Wildman–Crippen LogP) is 4.65. The maximum atomic E-state index is 12.6. The van der Waals surface area contributed by atoms with E-state index in [0.29, 0.717) is 6.42 Å². The lowest BCUT2D eigenvalue weighted by Gasteiger charge is -2.22. The van der Waals surface area contributed by atoms with E-state index in [4.69, 9.17) is 4.74 Å². The van der Waals surface area contributed by atoms with Crippen LogP contribution < -0.4 is 10.1 Å². The lowest BCUT2D eigenvalue weighted by Crippen LogP contribution is -2.39. The number of nitrogens with one attached hydrogen (secondary N) is 1. The van der Waals surface area contributed by atoms with E-state index in [2.05, 4.69) is 38.2 Å². The van der Waals surface area contributed by atoms with E-state index in [-0.39, 0.29) is 11.9 Å². The number of benzene rings is 2. The van der Waals surface area contributed by atoms with Gasteiger partial charge in [0.2, 0.25) is 0 Å². The van der Waals surface area contributed by atoms with Gasteiger partial charge in [0.25, 0.3) is 5.91 Å². The molecule has 0 saturated carbocycles. The van der Waals surface area contributed by atoms with Gasteiger partial charge in [-0.1, -0.05) is 37.3 Å². The van der Waals surface area contributed by atoms with Crippen LogP contribution in [0.15, 0.2) is 42.5 Å². The first-order chi connectivity index (χ1) is 11.4. The maximum Gasteiger partial charge on any atom is 0.261 e. The zero-order valence-electron chi connectivity index (χ0n) is 15.2. The Kier molecular flexibility index (Phi) is 6.02. The van der Waals surface area contributed by atoms with Crippen LogP contribution in [0.25, 0.3) is 0 Å². The maximum absolute atomic E-state index is 12.6. The van der Waals surface area contributed by atoms with E-state index in [1.165, 1.54) is 16.7 Å². The van der Waals surface area contributed by atoms with E-state index in [9.17, 15) is 4.79 Å². The molecular formula is C21H27NO2. The van der Waals surface area contributed by atoms with E-state index in [1.807, 2.05) is 44.2 Å². The molecule has 0 saturated heterocycles. The Morgan fingerprint density at radius 3 is 2.29 bits per heavy atom. The Bertz CT molecular complexity index is 694. The molecule has 2 unspecified atom stereocenters. The van der Waals surface area contributed by atoms with Crippen molar-refractivity contribution in [2.75, 3.05) is 0 Å². The van der Waals surface area contributed by atoms with Crippen molar-refractivity contribution < 1.29 is 9.53 Å². The number of aryl methyl sites for hydroxylation is 3. The topological polar surface area (TPSA) is 38.3 Å². The fourth-order valence-electron chi connectivity index (χ4n) is 2.82. The van der Waals surface area contributed by atoms with Crippen molar-refractivity contribution >= 4 is 5.91 Å². The minimum absolute atomic E-state index is 0.0507. The number of ether oxygens (including phenoxy) is 1. The fraction of sp³-hybridized carbons (Fsp3) is 0.381. The van der Waals surface area contributed by atoms with Crippen molar-refractivity contribution in [2.24, 2.45) is 0 Å². The quantitative estimate of drug-likeness (QED) is 0.840. The van der Waals surface area contributed by atoms with Crippen LogP contribution in [0.1, 0.15) is 48.6 Å². The number of rotatable bonds is 6. The summed E-state index contributed by atoms with van der Waals surface area (Å²) >= 11 is 0. The molecule has 3 heteroatoms. The first-order valence-electron chi connectivity index (χ1n) is 8.52. The molecule has 0 spiro atoms. The number of carbonyl (C=O) groups excluding carboxylic acids is 1. The second-order valence-electron chi connectivity index (χ2n) is 6.35. The summed E-state index contributed by atoms with van der Waals surface area (Å²) in [6.45, 7) is 10.3. The molecule has 1 N–H and O–H groups in total. The molecule has 2 aromatic rings. The number of hydrogen-bond donors (Lipinski definition) is 1. The van der Waals surface area contributed by atoms with E-state index in [0.717, 1.165) is 11.3 Å². The average molecular weight is 325 g/mol. The molecule has 24 heavy (non-hydrogen) atoms. The highest BCUT2D eigenvalue weighted by molar-refractivity contribution is 5.81. The second kappa shape index (κ2) is 8.00. The van der Waals surface area contributed by atoms with Crippen LogP contribution in [-0.4, -0.2) is 12.0 Å². The largest absolute Gasteiger partial charge is 0.481 e. The van der Waals surface area contributed by atoms with Gasteiger partial charge in [0.05, 0.1) is 6.04 Å². The highest BCUT2D eigenvalue weighted by atomic mass is 16.5.